The molecular weight excluding hydrogens is 424 g/mol. The van der Waals surface area contributed by atoms with Crippen LogP contribution in [0.1, 0.15) is 44.5 Å². The van der Waals surface area contributed by atoms with Crippen molar-refractivity contribution < 1.29 is 16.6 Å². The van der Waals surface area contributed by atoms with Gasteiger partial charge in [-0.05, 0) is 0 Å². The Hall–Kier alpha value is -1.93. The van der Waals surface area contributed by atoms with Gasteiger partial charge in [0.15, 0.2) is 0 Å². The van der Waals surface area contributed by atoms with Crippen molar-refractivity contribution in [2.24, 2.45) is 0 Å². The molecule has 3 aromatic rings. The van der Waals surface area contributed by atoms with Gasteiger partial charge in [0.05, 0.1) is 0 Å². The first-order valence-corrected chi connectivity index (χ1v) is 19.0. The first kappa shape index (κ1) is 19.7. The molecule has 3 aliphatic rings. The standard InChI is InChI=1S/C27H24Si.2CH3.Ti/c1-19-17-21-11-7-9-15-24(21)26(19)28(3,23-13-5-4-6-14-23)27-20(2)18-22-12-8-10-16-25(22)27;;;/h4-18H,1-3H3;2*1H3;. The number of hydrogen-bond donors (Lipinski definition) is 0. The summed E-state index contributed by atoms with van der Waals surface area (Å²) in [5.74, 6) is 0. The molecule has 6 rings (SSSR count). The molecule has 1 heterocycles. The average Bonchev–Trinajstić information content (AvgIpc) is 3.25. The Morgan fingerprint density at radius 3 is 1.52 bits per heavy atom. The van der Waals surface area contributed by atoms with E-state index in [4.69, 9.17) is 0 Å². The molecule has 31 heavy (non-hydrogen) atoms. The summed E-state index contributed by atoms with van der Waals surface area (Å²) < 4.78 is 1.30. The summed E-state index contributed by atoms with van der Waals surface area (Å²) in [5, 5.41) is 10.4. The number of allylic oxidation sites excluding steroid dienone is 2. The minimum atomic E-state index is -2.38. The van der Waals surface area contributed by atoms with Crippen LogP contribution < -0.4 is 5.19 Å². The molecule has 0 saturated carbocycles. The normalized spacial score (nSPS) is 27.6. The average molecular weight is 455 g/mol. The van der Waals surface area contributed by atoms with E-state index in [1.165, 1.54) is 0 Å². The third-order valence-corrected chi connectivity index (χ3v) is 20.4. The molecule has 0 radical (unpaired) electrons. The van der Waals surface area contributed by atoms with Gasteiger partial charge in [-0.2, -0.15) is 0 Å². The van der Waals surface area contributed by atoms with E-state index in [0.717, 1.165) is 0 Å². The van der Waals surface area contributed by atoms with Gasteiger partial charge in [0.2, 0.25) is 0 Å². The van der Waals surface area contributed by atoms with Gasteiger partial charge in [-0.25, -0.2) is 0 Å². The molecule has 0 amide bonds. The van der Waals surface area contributed by atoms with Crippen LogP contribution in [0.5, 0.6) is 0 Å². The maximum atomic E-state index is 2.70. The molecule has 154 valence electrons. The third-order valence-electron chi connectivity index (χ3n) is 8.58. The fourth-order valence-electron chi connectivity index (χ4n) is 7.73. The Bertz CT molecular complexity index is 1220. The molecule has 0 N–H and O–H groups in total. The van der Waals surface area contributed by atoms with Crippen molar-refractivity contribution in [3.8, 4) is 0 Å². The van der Waals surface area contributed by atoms with Gasteiger partial charge >= 0.3 is 192 Å². The second-order valence-corrected chi connectivity index (χ2v) is 21.8. The van der Waals surface area contributed by atoms with Crippen LogP contribution >= 0.6 is 0 Å². The van der Waals surface area contributed by atoms with Crippen LogP contribution in [-0.2, 0) is 16.6 Å². The molecule has 3 aromatic carbocycles. The molecule has 2 unspecified atom stereocenters. The Balaban J connectivity index is 1.81. The summed E-state index contributed by atoms with van der Waals surface area (Å²) in [6.07, 6.45) is 0. The summed E-state index contributed by atoms with van der Waals surface area (Å²) in [4.78, 5) is 0. The third kappa shape index (κ3) is 2.35. The van der Waals surface area contributed by atoms with Crippen molar-refractivity contribution >= 4 is 23.7 Å². The van der Waals surface area contributed by atoms with E-state index in [9.17, 15) is 0 Å². The van der Waals surface area contributed by atoms with Gasteiger partial charge < -0.3 is 0 Å². The maximum absolute atomic E-state index is 2.70. The van der Waals surface area contributed by atoms with Crippen LogP contribution in [0.25, 0.3) is 10.4 Å². The molecular formula is C29H30SiTi. The Kier molecular flexibility index (Phi) is 4.17. The second-order valence-electron chi connectivity index (χ2n) is 10.5. The Morgan fingerprint density at radius 1 is 0.613 bits per heavy atom. The molecule has 2 aliphatic carbocycles. The van der Waals surface area contributed by atoms with Gasteiger partial charge in [0.1, 0.15) is 0 Å². The monoisotopic (exact) mass is 454 g/mol. The summed E-state index contributed by atoms with van der Waals surface area (Å²) in [7, 11) is -2.17. The minimum absolute atomic E-state index is 0.648. The van der Waals surface area contributed by atoms with E-state index < -0.39 is 24.7 Å². The fraction of sp³-hybridized carbons (Fsp3) is 0.241. The fourth-order valence-corrected chi connectivity index (χ4v) is 21.0. The molecule has 0 aromatic heterocycles. The van der Waals surface area contributed by atoms with Crippen LogP contribution in [0, 0.1) is 0 Å². The number of rotatable bonds is 1. The summed E-state index contributed by atoms with van der Waals surface area (Å²) in [6.45, 7) is 7.63. The van der Waals surface area contributed by atoms with Gasteiger partial charge in [-0.1, -0.05) is 0 Å². The molecule has 1 aliphatic heterocycles. The Morgan fingerprint density at radius 2 is 1.03 bits per heavy atom. The first-order valence-electron chi connectivity index (χ1n) is 11.5. The van der Waals surface area contributed by atoms with E-state index in [1.807, 2.05) is 0 Å². The molecule has 0 nitrogen and oxygen atoms in total. The quantitative estimate of drug-likeness (QED) is 0.337. The van der Waals surface area contributed by atoms with Crippen LogP contribution in [0.2, 0.25) is 17.0 Å². The number of benzene rings is 3. The summed E-state index contributed by atoms with van der Waals surface area (Å²) in [5.41, 5.74) is 9.79. The molecule has 2 heteroatoms. The van der Waals surface area contributed by atoms with Crippen LogP contribution in [-0.4, -0.2) is 8.07 Å². The van der Waals surface area contributed by atoms with E-state index in [-0.39, 0.29) is 0 Å². The van der Waals surface area contributed by atoms with Crippen LogP contribution in [0.15, 0.2) is 90.0 Å². The zero-order chi connectivity index (χ0) is 21.5. The molecule has 2 atom stereocenters. The predicted octanol–water partition coefficient (Wildman–Crippen LogP) is 7.37. The van der Waals surface area contributed by atoms with Crippen molar-refractivity contribution in [3.63, 3.8) is 0 Å². The van der Waals surface area contributed by atoms with Crippen molar-refractivity contribution in [2.45, 2.75) is 39.3 Å². The van der Waals surface area contributed by atoms with Gasteiger partial charge in [0, 0.05) is 0 Å². The SMILES string of the molecule is CC1=C2c3ccccc3[CH]1[Ti]([CH3])([CH3])[CH]1C(C)=C(c3ccccc31)[Si]2(C)c1ccccc1. The first-order chi connectivity index (χ1) is 14.9. The van der Waals surface area contributed by atoms with Crippen molar-refractivity contribution in [1.29, 1.82) is 0 Å². The number of fused-ring (bicyclic) bond motifs is 8. The van der Waals surface area contributed by atoms with Gasteiger partial charge in [0.25, 0.3) is 0 Å². The zero-order valence-electron chi connectivity index (χ0n) is 19.2. The molecule has 0 fully saturated rings. The molecule has 0 saturated heterocycles. The molecule has 4 bridgehead atoms. The van der Waals surface area contributed by atoms with E-state index in [0.29, 0.717) is 8.45 Å². The zero-order valence-corrected chi connectivity index (χ0v) is 21.7. The van der Waals surface area contributed by atoms with E-state index in [2.05, 4.69) is 110 Å². The van der Waals surface area contributed by atoms with Crippen molar-refractivity contribution in [1.82, 2.24) is 0 Å². The van der Waals surface area contributed by atoms with Crippen molar-refractivity contribution in [3.05, 3.63) is 112 Å². The van der Waals surface area contributed by atoms with Gasteiger partial charge in [-0.3, -0.25) is 0 Å². The summed E-state index contributed by atoms with van der Waals surface area (Å²) in [6, 6.07) is 30.3. The van der Waals surface area contributed by atoms with E-state index >= 15 is 0 Å². The summed E-state index contributed by atoms with van der Waals surface area (Å²) >= 11 is -2.38. The Labute approximate surface area is 191 Å². The number of hydrogen-bond acceptors (Lipinski definition) is 0. The van der Waals surface area contributed by atoms with Crippen LogP contribution in [0.4, 0.5) is 0 Å². The van der Waals surface area contributed by atoms with Crippen LogP contribution in [0.3, 0.4) is 0 Å². The van der Waals surface area contributed by atoms with Crippen molar-refractivity contribution in [2.75, 3.05) is 0 Å². The topological polar surface area (TPSA) is 0 Å². The van der Waals surface area contributed by atoms with E-state index in [1.54, 1.807) is 49.0 Å². The van der Waals surface area contributed by atoms with Gasteiger partial charge in [-0.15, -0.1) is 0 Å². The molecule has 0 spiro atoms. The predicted molar refractivity (Wildman–Crippen MR) is 133 cm³/mol. The second kappa shape index (κ2) is 6.54.